The van der Waals surface area contributed by atoms with Crippen molar-refractivity contribution in [2.24, 2.45) is 18.7 Å². The molecule has 1 aliphatic heterocycles. The van der Waals surface area contributed by atoms with E-state index in [-0.39, 0.29) is 16.7 Å². The Labute approximate surface area is 159 Å². The summed E-state index contributed by atoms with van der Waals surface area (Å²) in [5, 5.41) is 6.91. The van der Waals surface area contributed by atoms with Crippen molar-refractivity contribution < 1.29 is 13.2 Å². The number of nitrogens with two attached hydrogens (primary N) is 1. The molecule has 2 aromatic rings. The Balaban J connectivity index is 1.66. The molecule has 0 radical (unpaired) electrons. The molecule has 0 unspecified atom stereocenters. The average molecular weight is 391 g/mol. The Kier molecular flexibility index (Phi) is 5.93. The summed E-state index contributed by atoms with van der Waals surface area (Å²) in [5.74, 6) is -0.103. The Morgan fingerprint density at radius 3 is 2.85 bits per heavy atom. The van der Waals surface area contributed by atoms with Crippen LogP contribution in [0.2, 0.25) is 0 Å². The van der Waals surface area contributed by atoms with E-state index in [2.05, 4.69) is 10.4 Å². The standard InChI is InChI=1S/C18H25N5O3S/c1-22-16(6-9-21-22)5-8-20-18(24)15-3-2-4-17(11-15)27(25,26)23-10-7-14(12-19)13-23/h2-4,6,9,11,14H,5,7-8,10,12-13,19H2,1H3,(H,20,24)/t14-/m1/s1. The van der Waals surface area contributed by atoms with Crippen LogP contribution in [-0.2, 0) is 23.5 Å². The summed E-state index contributed by atoms with van der Waals surface area (Å²) >= 11 is 0. The number of hydrogen-bond donors (Lipinski definition) is 2. The van der Waals surface area contributed by atoms with Crippen molar-refractivity contribution in [2.75, 3.05) is 26.2 Å². The third-order valence-corrected chi connectivity index (χ3v) is 6.77. The van der Waals surface area contributed by atoms with Crippen LogP contribution in [-0.4, -0.2) is 54.6 Å². The smallest absolute Gasteiger partial charge is 0.251 e. The monoisotopic (exact) mass is 391 g/mol. The van der Waals surface area contributed by atoms with E-state index in [0.29, 0.717) is 38.2 Å². The Morgan fingerprint density at radius 2 is 2.19 bits per heavy atom. The van der Waals surface area contributed by atoms with E-state index >= 15 is 0 Å². The van der Waals surface area contributed by atoms with Crippen LogP contribution in [0.15, 0.2) is 41.4 Å². The summed E-state index contributed by atoms with van der Waals surface area (Å²) in [6.07, 6.45) is 3.12. The van der Waals surface area contributed by atoms with Crippen molar-refractivity contribution in [1.29, 1.82) is 0 Å². The summed E-state index contributed by atoms with van der Waals surface area (Å²) in [6.45, 7) is 1.82. The largest absolute Gasteiger partial charge is 0.352 e. The topological polar surface area (TPSA) is 110 Å². The first-order valence-corrected chi connectivity index (χ1v) is 10.4. The van der Waals surface area contributed by atoms with Gasteiger partial charge in [-0.1, -0.05) is 6.07 Å². The second kappa shape index (κ2) is 8.20. The van der Waals surface area contributed by atoms with E-state index in [1.807, 2.05) is 13.1 Å². The number of amides is 1. The molecule has 8 nitrogen and oxygen atoms in total. The number of carbonyl (C=O) groups is 1. The molecule has 9 heteroatoms. The highest BCUT2D eigenvalue weighted by Gasteiger charge is 2.32. The zero-order valence-corrected chi connectivity index (χ0v) is 16.2. The van der Waals surface area contributed by atoms with E-state index in [1.165, 1.54) is 16.4 Å². The van der Waals surface area contributed by atoms with Gasteiger partial charge in [-0.3, -0.25) is 9.48 Å². The maximum atomic E-state index is 12.8. The van der Waals surface area contributed by atoms with E-state index < -0.39 is 10.0 Å². The number of hydrogen-bond acceptors (Lipinski definition) is 5. The van der Waals surface area contributed by atoms with Crippen LogP contribution in [0.1, 0.15) is 22.5 Å². The molecule has 0 aliphatic carbocycles. The summed E-state index contributed by atoms with van der Waals surface area (Å²) in [7, 11) is -1.77. The van der Waals surface area contributed by atoms with Crippen LogP contribution in [0.25, 0.3) is 0 Å². The number of rotatable bonds is 7. The quantitative estimate of drug-likeness (QED) is 0.708. The molecule has 3 N–H and O–H groups in total. The zero-order valence-electron chi connectivity index (χ0n) is 15.3. The van der Waals surface area contributed by atoms with Crippen LogP contribution in [0, 0.1) is 5.92 Å². The van der Waals surface area contributed by atoms with Crippen LogP contribution in [0.4, 0.5) is 0 Å². The van der Waals surface area contributed by atoms with Crippen LogP contribution < -0.4 is 11.1 Å². The number of sulfonamides is 1. The van der Waals surface area contributed by atoms with E-state index in [1.54, 1.807) is 23.0 Å². The molecule has 2 heterocycles. The normalized spacial score (nSPS) is 17.9. The molecule has 1 aromatic carbocycles. The first kappa shape index (κ1) is 19.5. The van der Waals surface area contributed by atoms with Crippen molar-refractivity contribution in [1.82, 2.24) is 19.4 Å². The van der Waals surface area contributed by atoms with Gasteiger partial charge in [0.05, 0.1) is 4.90 Å². The van der Waals surface area contributed by atoms with Gasteiger partial charge < -0.3 is 11.1 Å². The highest BCUT2D eigenvalue weighted by atomic mass is 32.2. The molecule has 1 aromatic heterocycles. The van der Waals surface area contributed by atoms with Gasteiger partial charge in [-0.15, -0.1) is 0 Å². The highest BCUT2D eigenvalue weighted by molar-refractivity contribution is 7.89. The lowest BCUT2D eigenvalue weighted by Gasteiger charge is -2.17. The van der Waals surface area contributed by atoms with Crippen molar-refractivity contribution in [3.63, 3.8) is 0 Å². The number of nitrogens with zero attached hydrogens (tertiary/aromatic N) is 3. The minimum atomic E-state index is -3.61. The number of aromatic nitrogens is 2. The zero-order chi connectivity index (χ0) is 19.4. The second-order valence-electron chi connectivity index (χ2n) is 6.73. The lowest BCUT2D eigenvalue weighted by atomic mass is 10.1. The van der Waals surface area contributed by atoms with Gasteiger partial charge in [0.25, 0.3) is 5.91 Å². The minimum Gasteiger partial charge on any atom is -0.352 e. The highest BCUT2D eigenvalue weighted by Crippen LogP contribution is 2.24. The molecule has 3 rings (SSSR count). The summed E-state index contributed by atoms with van der Waals surface area (Å²) in [4.78, 5) is 12.5. The summed E-state index contributed by atoms with van der Waals surface area (Å²) < 4.78 is 28.8. The fourth-order valence-electron chi connectivity index (χ4n) is 3.21. The average Bonchev–Trinajstić information content (AvgIpc) is 3.31. The van der Waals surface area contributed by atoms with Crippen molar-refractivity contribution in [2.45, 2.75) is 17.7 Å². The van der Waals surface area contributed by atoms with Gasteiger partial charge in [-0.25, -0.2) is 8.42 Å². The van der Waals surface area contributed by atoms with Crippen LogP contribution in [0.5, 0.6) is 0 Å². The van der Waals surface area contributed by atoms with Gasteiger partial charge in [0.1, 0.15) is 0 Å². The molecule has 1 fully saturated rings. The third-order valence-electron chi connectivity index (χ3n) is 4.91. The molecule has 1 saturated heterocycles. The van der Waals surface area contributed by atoms with E-state index in [9.17, 15) is 13.2 Å². The molecule has 0 bridgehead atoms. The van der Waals surface area contributed by atoms with Gasteiger partial charge in [-0.05, 0) is 43.1 Å². The molecule has 1 aliphatic rings. The van der Waals surface area contributed by atoms with Crippen molar-refractivity contribution >= 4 is 15.9 Å². The first-order chi connectivity index (χ1) is 12.9. The third kappa shape index (κ3) is 4.37. The Morgan fingerprint density at radius 1 is 1.37 bits per heavy atom. The van der Waals surface area contributed by atoms with Gasteiger partial charge in [0.2, 0.25) is 10.0 Å². The molecular formula is C18H25N5O3S. The molecule has 1 amide bonds. The maximum absolute atomic E-state index is 12.8. The van der Waals surface area contributed by atoms with Crippen LogP contribution >= 0.6 is 0 Å². The van der Waals surface area contributed by atoms with Gasteiger partial charge in [0.15, 0.2) is 0 Å². The lowest BCUT2D eigenvalue weighted by Crippen LogP contribution is -2.30. The molecule has 0 spiro atoms. The Hall–Kier alpha value is -2.23. The van der Waals surface area contributed by atoms with Crippen LogP contribution in [0.3, 0.4) is 0 Å². The molecular weight excluding hydrogens is 366 g/mol. The number of benzene rings is 1. The predicted molar refractivity (Wildman–Crippen MR) is 102 cm³/mol. The SMILES string of the molecule is Cn1nccc1CCNC(=O)c1cccc(S(=O)(=O)N2CC[C@H](CN)C2)c1. The first-order valence-electron chi connectivity index (χ1n) is 8.97. The Bertz CT molecular complexity index is 909. The maximum Gasteiger partial charge on any atom is 0.251 e. The van der Waals surface area contributed by atoms with Gasteiger partial charge >= 0.3 is 0 Å². The fourth-order valence-corrected chi connectivity index (χ4v) is 4.78. The van der Waals surface area contributed by atoms with E-state index in [4.69, 9.17) is 5.73 Å². The number of nitrogens with one attached hydrogen (secondary N) is 1. The molecule has 146 valence electrons. The van der Waals surface area contributed by atoms with E-state index in [0.717, 1.165) is 12.1 Å². The number of aryl methyl sites for hydroxylation is 1. The van der Waals surface area contributed by atoms with Crippen molar-refractivity contribution in [3.8, 4) is 0 Å². The fraction of sp³-hybridized carbons (Fsp3) is 0.444. The number of carbonyl (C=O) groups excluding carboxylic acids is 1. The summed E-state index contributed by atoms with van der Waals surface area (Å²) in [6, 6.07) is 8.07. The van der Waals surface area contributed by atoms with Gasteiger partial charge in [-0.2, -0.15) is 9.40 Å². The van der Waals surface area contributed by atoms with Gasteiger partial charge in [0, 0.05) is 50.6 Å². The predicted octanol–water partition coefficient (Wildman–Crippen LogP) is 0.362. The summed E-state index contributed by atoms with van der Waals surface area (Å²) in [5.41, 5.74) is 6.99. The molecule has 1 atom stereocenters. The molecule has 27 heavy (non-hydrogen) atoms. The lowest BCUT2D eigenvalue weighted by molar-refractivity contribution is 0.0953. The second-order valence-corrected chi connectivity index (χ2v) is 8.67. The van der Waals surface area contributed by atoms with Crippen molar-refractivity contribution in [3.05, 3.63) is 47.8 Å². The molecule has 0 saturated carbocycles. The minimum absolute atomic E-state index is 0.138.